The SMILES string of the molecule is Cc1ccc(OCC2CCCC2)c(C=O)c1. The van der Waals surface area contributed by atoms with Crippen molar-refractivity contribution in [1.29, 1.82) is 0 Å². The third-order valence-corrected chi connectivity index (χ3v) is 3.24. The van der Waals surface area contributed by atoms with E-state index in [0.717, 1.165) is 24.2 Å². The summed E-state index contributed by atoms with van der Waals surface area (Å²) < 4.78 is 5.74. The summed E-state index contributed by atoms with van der Waals surface area (Å²) in [5.74, 6) is 1.41. The lowest BCUT2D eigenvalue weighted by Gasteiger charge is -2.13. The summed E-state index contributed by atoms with van der Waals surface area (Å²) in [6.45, 7) is 2.73. The molecule has 0 bridgehead atoms. The average Bonchev–Trinajstić information content (AvgIpc) is 2.80. The molecule has 2 nitrogen and oxygen atoms in total. The first kappa shape index (κ1) is 11.2. The number of carbonyl (C=O) groups is 1. The highest BCUT2D eigenvalue weighted by Gasteiger charge is 2.16. The van der Waals surface area contributed by atoms with Gasteiger partial charge in [-0.25, -0.2) is 0 Å². The Morgan fingerprint density at radius 3 is 2.81 bits per heavy atom. The summed E-state index contributed by atoms with van der Waals surface area (Å²) >= 11 is 0. The topological polar surface area (TPSA) is 26.3 Å². The van der Waals surface area contributed by atoms with Crippen LogP contribution in [0.1, 0.15) is 41.6 Å². The molecule has 86 valence electrons. The molecule has 0 spiro atoms. The molecule has 1 fully saturated rings. The summed E-state index contributed by atoms with van der Waals surface area (Å²) in [6.07, 6.45) is 6.05. The molecule has 0 unspecified atom stereocenters. The minimum atomic E-state index is 0.665. The fourth-order valence-corrected chi connectivity index (χ4v) is 2.28. The van der Waals surface area contributed by atoms with Crippen molar-refractivity contribution in [1.82, 2.24) is 0 Å². The van der Waals surface area contributed by atoms with E-state index in [4.69, 9.17) is 4.74 Å². The van der Waals surface area contributed by atoms with E-state index in [9.17, 15) is 4.79 Å². The fourth-order valence-electron chi connectivity index (χ4n) is 2.28. The molecule has 0 heterocycles. The molecule has 1 aliphatic rings. The lowest BCUT2D eigenvalue weighted by molar-refractivity contribution is 0.111. The Labute approximate surface area is 96.6 Å². The van der Waals surface area contributed by atoms with Gasteiger partial charge in [0, 0.05) is 0 Å². The summed E-state index contributed by atoms with van der Waals surface area (Å²) in [6, 6.07) is 5.75. The molecule has 2 rings (SSSR count). The molecule has 16 heavy (non-hydrogen) atoms. The van der Waals surface area contributed by atoms with Crippen LogP contribution in [0.3, 0.4) is 0 Å². The first-order chi connectivity index (χ1) is 7.79. The maximum atomic E-state index is 10.9. The van der Waals surface area contributed by atoms with Gasteiger partial charge in [0.2, 0.25) is 0 Å². The number of benzene rings is 1. The first-order valence-electron chi connectivity index (χ1n) is 5.98. The highest BCUT2D eigenvalue weighted by molar-refractivity contribution is 5.79. The van der Waals surface area contributed by atoms with Crippen molar-refractivity contribution in [2.24, 2.45) is 5.92 Å². The van der Waals surface area contributed by atoms with E-state index >= 15 is 0 Å². The molecule has 1 aromatic rings. The molecule has 1 aliphatic carbocycles. The molecule has 0 atom stereocenters. The van der Waals surface area contributed by atoms with Gasteiger partial charge in [-0.2, -0.15) is 0 Å². The zero-order chi connectivity index (χ0) is 11.4. The van der Waals surface area contributed by atoms with Crippen LogP contribution >= 0.6 is 0 Å². The minimum absolute atomic E-state index is 0.665. The predicted molar refractivity (Wildman–Crippen MR) is 64.0 cm³/mol. The molecule has 1 saturated carbocycles. The third-order valence-electron chi connectivity index (χ3n) is 3.24. The molecule has 0 aromatic heterocycles. The van der Waals surface area contributed by atoms with Gasteiger partial charge < -0.3 is 4.74 Å². The van der Waals surface area contributed by atoms with Crippen molar-refractivity contribution in [3.63, 3.8) is 0 Å². The highest BCUT2D eigenvalue weighted by Crippen LogP contribution is 2.26. The third kappa shape index (κ3) is 2.63. The molecule has 0 saturated heterocycles. The van der Waals surface area contributed by atoms with Crippen molar-refractivity contribution >= 4 is 6.29 Å². The second-order valence-electron chi connectivity index (χ2n) is 4.62. The molecule has 0 radical (unpaired) electrons. The van der Waals surface area contributed by atoms with Gasteiger partial charge in [0.1, 0.15) is 5.75 Å². The Morgan fingerprint density at radius 2 is 2.12 bits per heavy atom. The number of hydrogen-bond acceptors (Lipinski definition) is 2. The van der Waals surface area contributed by atoms with Gasteiger partial charge in [0.25, 0.3) is 0 Å². The van der Waals surface area contributed by atoms with Gasteiger partial charge in [-0.05, 0) is 37.8 Å². The summed E-state index contributed by atoms with van der Waals surface area (Å²) in [5.41, 5.74) is 1.76. The minimum Gasteiger partial charge on any atom is -0.493 e. The van der Waals surface area contributed by atoms with Crippen LogP contribution in [-0.4, -0.2) is 12.9 Å². The Morgan fingerprint density at radius 1 is 1.38 bits per heavy atom. The molecule has 1 aromatic carbocycles. The van der Waals surface area contributed by atoms with Crippen molar-refractivity contribution < 1.29 is 9.53 Å². The normalized spacial score (nSPS) is 16.3. The summed E-state index contributed by atoms with van der Waals surface area (Å²) in [5, 5.41) is 0. The highest BCUT2D eigenvalue weighted by atomic mass is 16.5. The Bertz CT molecular complexity index is 365. The van der Waals surface area contributed by atoms with Crippen LogP contribution in [0, 0.1) is 12.8 Å². The van der Waals surface area contributed by atoms with Crippen LogP contribution in [0.15, 0.2) is 18.2 Å². The van der Waals surface area contributed by atoms with Crippen LogP contribution in [-0.2, 0) is 0 Å². The van der Waals surface area contributed by atoms with E-state index < -0.39 is 0 Å². The van der Waals surface area contributed by atoms with Crippen molar-refractivity contribution in [3.05, 3.63) is 29.3 Å². The number of aldehydes is 1. The summed E-state index contributed by atoms with van der Waals surface area (Å²) in [7, 11) is 0. The van der Waals surface area contributed by atoms with Gasteiger partial charge in [-0.1, -0.05) is 24.5 Å². The lowest BCUT2D eigenvalue weighted by atomic mass is 10.1. The number of rotatable bonds is 4. The second kappa shape index (κ2) is 5.15. The van der Waals surface area contributed by atoms with Crippen molar-refractivity contribution in [3.8, 4) is 5.75 Å². The molecule has 0 N–H and O–H groups in total. The number of ether oxygens (including phenoxy) is 1. The lowest BCUT2D eigenvalue weighted by Crippen LogP contribution is -2.09. The van der Waals surface area contributed by atoms with Crippen LogP contribution in [0.25, 0.3) is 0 Å². The van der Waals surface area contributed by atoms with Gasteiger partial charge in [0.05, 0.1) is 12.2 Å². The fraction of sp³-hybridized carbons (Fsp3) is 0.500. The second-order valence-corrected chi connectivity index (χ2v) is 4.62. The first-order valence-corrected chi connectivity index (χ1v) is 5.98. The number of aryl methyl sites for hydroxylation is 1. The molecular weight excluding hydrogens is 200 g/mol. The van der Waals surface area contributed by atoms with Crippen LogP contribution < -0.4 is 4.74 Å². The van der Waals surface area contributed by atoms with E-state index in [1.165, 1.54) is 25.7 Å². The molecule has 0 amide bonds. The summed E-state index contributed by atoms with van der Waals surface area (Å²) in [4.78, 5) is 10.9. The standard InChI is InChI=1S/C14H18O2/c1-11-6-7-14(13(8-11)9-15)16-10-12-4-2-3-5-12/h6-9,12H,2-5,10H2,1H3. The van der Waals surface area contributed by atoms with Crippen LogP contribution in [0.4, 0.5) is 0 Å². The number of hydrogen-bond donors (Lipinski definition) is 0. The van der Waals surface area contributed by atoms with E-state index in [-0.39, 0.29) is 0 Å². The van der Waals surface area contributed by atoms with Gasteiger partial charge in [-0.15, -0.1) is 0 Å². The largest absolute Gasteiger partial charge is 0.493 e. The number of carbonyl (C=O) groups excluding carboxylic acids is 1. The van der Waals surface area contributed by atoms with Crippen LogP contribution in [0.5, 0.6) is 5.75 Å². The maximum absolute atomic E-state index is 10.9. The molecule has 2 heteroatoms. The average molecular weight is 218 g/mol. The monoisotopic (exact) mass is 218 g/mol. The Kier molecular flexibility index (Phi) is 3.60. The zero-order valence-corrected chi connectivity index (χ0v) is 9.74. The maximum Gasteiger partial charge on any atom is 0.153 e. The van der Waals surface area contributed by atoms with E-state index in [1.807, 2.05) is 25.1 Å². The Balaban J connectivity index is 1.99. The van der Waals surface area contributed by atoms with Gasteiger partial charge in [-0.3, -0.25) is 4.79 Å². The van der Waals surface area contributed by atoms with E-state index in [0.29, 0.717) is 11.5 Å². The van der Waals surface area contributed by atoms with Crippen LogP contribution in [0.2, 0.25) is 0 Å². The molecular formula is C14H18O2. The predicted octanol–water partition coefficient (Wildman–Crippen LogP) is 3.38. The Hall–Kier alpha value is -1.31. The van der Waals surface area contributed by atoms with E-state index in [2.05, 4.69) is 0 Å². The zero-order valence-electron chi connectivity index (χ0n) is 9.74. The van der Waals surface area contributed by atoms with Crippen molar-refractivity contribution in [2.45, 2.75) is 32.6 Å². The van der Waals surface area contributed by atoms with Crippen molar-refractivity contribution in [2.75, 3.05) is 6.61 Å². The smallest absolute Gasteiger partial charge is 0.153 e. The van der Waals surface area contributed by atoms with Gasteiger partial charge in [0.15, 0.2) is 6.29 Å². The molecule has 0 aliphatic heterocycles. The quantitative estimate of drug-likeness (QED) is 0.724. The van der Waals surface area contributed by atoms with E-state index in [1.54, 1.807) is 0 Å². The van der Waals surface area contributed by atoms with Gasteiger partial charge >= 0.3 is 0 Å².